The average Bonchev–Trinajstić information content (AvgIpc) is 2.97. The van der Waals surface area contributed by atoms with Gasteiger partial charge in [0.25, 0.3) is 0 Å². The number of H-pyrrole nitrogens is 1. The topological polar surface area (TPSA) is 82.0 Å². The summed E-state index contributed by atoms with van der Waals surface area (Å²) in [5.41, 5.74) is 2.52. The molecule has 100 valence electrons. The number of aromatic amines is 1. The molecule has 0 atom stereocenters. The number of aromatic hydroxyl groups is 2. The highest BCUT2D eigenvalue weighted by Crippen LogP contribution is 2.38. The van der Waals surface area contributed by atoms with E-state index in [9.17, 15) is 10.2 Å². The second-order valence-electron chi connectivity index (χ2n) is 4.49. The van der Waals surface area contributed by atoms with Gasteiger partial charge in [-0.15, -0.1) is 5.10 Å². The van der Waals surface area contributed by atoms with Crippen molar-refractivity contribution < 1.29 is 10.2 Å². The predicted molar refractivity (Wildman–Crippen MR) is 74.4 cm³/mol. The molecule has 3 N–H and O–H groups in total. The van der Waals surface area contributed by atoms with Crippen LogP contribution in [-0.2, 0) is 6.42 Å². The number of aromatic nitrogens is 3. The lowest BCUT2D eigenvalue weighted by Crippen LogP contribution is -1.91. The van der Waals surface area contributed by atoms with Gasteiger partial charge in [-0.1, -0.05) is 41.6 Å². The lowest BCUT2D eigenvalue weighted by Gasteiger charge is -2.10. The fourth-order valence-corrected chi connectivity index (χ4v) is 2.16. The molecule has 5 nitrogen and oxygen atoms in total. The molecule has 0 amide bonds. The van der Waals surface area contributed by atoms with Gasteiger partial charge in [0, 0.05) is 6.42 Å². The summed E-state index contributed by atoms with van der Waals surface area (Å²) in [6.07, 6.45) is 2.11. The molecule has 0 aliphatic carbocycles. The summed E-state index contributed by atoms with van der Waals surface area (Å²) in [7, 11) is 0. The van der Waals surface area contributed by atoms with Crippen molar-refractivity contribution in [2.24, 2.45) is 0 Å². The van der Waals surface area contributed by atoms with Crippen LogP contribution < -0.4 is 0 Å². The van der Waals surface area contributed by atoms with Crippen LogP contribution in [0.4, 0.5) is 0 Å². The van der Waals surface area contributed by atoms with Gasteiger partial charge in [-0.3, -0.25) is 5.10 Å². The van der Waals surface area contributed by atoms with Crippen LogP contribution in [0.15, 0.2) is 48.7 Å². The number of phenolic OH excluding ortho intramolecular Hbond substituents is 2. The van der Waals surface area contributed by atoms with Crippen LogP contribution in [0, 0.1) is 0 Å². The predicted octanol–water partition coefficient (Wildman–Crippen LogP) is 2.47. The second kappa shape index (κ2) is 5.05. The van der Waals surface area contributed by atoms with Crippen molar-refractivity contribution in [1.29, 1.82) is 0 Å². The van der Waals surface area contributed by atoms with Gasteiger partial charge in [-0.25, -0.2) is 0 Å². The fraction of sp³-hybridized carbons (Fsp3) is 0.0667. The van der Waals surface area contributed by atoms with Gasteiger partial charge in [0.15, 0.2) is 0 Å². The lowest BCUT2D eigenvalue weighted by molar-refractivity contribution is 0.450. The summed E-state index contributed by atoms with van der Waals surface area (Å²) in [4.78, 5) is 0. The first-order valence-electron chi connectivity index (χ1n) is 6.20. The van der Waals surface area contributed by atoms with E-state index in [-0.39, 0.29) is 11.5 Å². The molecule has 1 aromatic heterocycles. The zero-order valence-corrected chi connectivity index (χ0v) is 10.6. The van der Waals surface area contributed by atoms with Gasteiger partial charge in [0.1, 0.15) is 17.2 Å². The van der Waals surface area contributed by atoms with Crippen molar-refractivity contribution in [3.8, 4) is 22.8 Å². The van der Waals surface area contributed by atoms with Crippen molar-refractivity contribution in [3.05, 3.63) is 59.8 Å². The molecule has 0 bridgehead atoms. The summed E-state index contributed by atoms with van der Waals surface area (Å²) < 4.78 is 0. The monoisotopic (exact) mass is 267 g/mol. The molecule has 0 fully saturated rings. The zero-order valence-electron chi connectivity index (χ0n) is 10.6. The first kappa shape index (κ1) is 12.2. The number of hydrogen-bond donors (Lipinski definition) is 3. The van der Waals surface area contributed by atoms with Crippen LogP contribution in [0.25, 0.3) is 11.3 Å². The third kappa shape index (κ3) is 2.21. The van der Waals surface area contributed by atoms with Gasteiger partial charge in [-0.2, -0.15) is 0 Å². The molecule has 0 aliphatic heterocycles. The Kier molecular flexibility index (Phi) is 3.09. The fourth-order valence-electron chi connectivity index (χ4n) is 2.16. The third-order valence-electron chi connectivity index (χ3n) is 3.15. The Morgan fingerprint density at radius 1 is 1.00 bits per heavy atom. The van der Waals surface area contributed by atoms with Crippen molar-refractivity contribution in [2.75, 3.05) is 0 Å². The molecule has 1 heterocycles. The van der Waals surface area contributed by atoms with Crippen LogP contribution in [0.2, 0.25) is 0 Å². The number of rotatable bonds is 3. The average molecular weight is 267 g/mol. The molecule has 20 heavy (non-hydrogen) atoms. The Balaban J connectivity index is 2.04. The van der Waals surface area contributed by atoms with Crippen LogP contribution in [-0.4, -0.2) is 25.6 Å². The van der Waals surface area contributed by atoms with E-state index in [1.807, 2.05) is 30.3 Å². The zero-order chi connectivity index (χ0) is 13.9. The molecule has 0 saturated heterocycles. The lowest BCUT2D eigenvalue weighted by atomic mass is 9.99. The van der Waals surface area contributed by atoms with Gasteiger partial charge in [0.05, 0.1) is 11.8 Å². The van der Waals surface area contributed by atoms with Gasteiger partial charge >= 0.3 is 0 Å². The summed E-state index contributed by atoms with van der Waals surface area (Å²) in [6, 6.07) is 13.1. The van der Waals surface area contributed by atoms with E-state index in [1.165, 1.54) is 6.20 Å². The Morgan fingerprint density at radius 2 is 1.80 bits per heavy atom. The molecular formula is C15H13N3O2. The van der Waals surface area contributed by atoms with Crippen LogP contribution in [0.3, 0.4) is 0 Å². The quantitative estimate of drug-likeness (QED) is 0.681. The summed E-state index contributed by atoms with van der Waals surface area (Å²) in [6.45, 7) is 0. The van der Waals surface area contributed by atoms with Gasteiger partial charge in [-0.05, 0) is 17.2 Å². The molecule has 0 unspecified atom stereocenters. The third-order valence-corrected chi connectivity index (χ3v) is 3.15. The van der Waals surface area contributed by atoms with Crippen molar-refractivity contribution in [2.45, 2.75) is 6.42 Å². The first-order valence-corrected chi connectivity index (χ1v) is 6.20. The van der Waals surface area contributed by atoms with Crippen LogP contribution >= 0.6 is 0 Å². The number of hydrogen-bond acceptors (Lipinski definition) is 4. The van der Waals surface area contributed by atoms with E-state index in [0.29, 0.717) is 17.7 Å². The molecule has 0 radical (unpaired) electrons. The number of nitrogens with zero attached hydrogens (tertiary/aromatic N) is 2. The van der Waals surface area contributed by atoms with E-state index in [0.717, 1.165) is 11.1 Å². The van der Waals surface area contributed by atoms with Crippen molar-refractivity contribution in [3.63, 3.8) is 0 Å². The molecule has 3 aromatic rings. The molecule has 0 spiro atoms. The van der Waals surface area contributed by atoms with Crippen molar-refractivity contribution >= 4 is 0 Å². The molecule has 0 aliphatic rings. The Bertz CT molecular complexity index is 709. The van der Waals surface area contributed by atoms with E-state index >= 15 is 0 Å². The van der Waals surface area contributed by atoms with Crippen LogP contribution in [0.5, 0.6) is 11.5 Å². The molecule has 3 rings (SSSR count). The minimum absolute atomic E-state index is 0.0202. The highest BCUT2D eigenvalue weighted by atomic mass is 16.3. The summed E-state index contributed by atoms with van der Waals surface area (Å²) >= 11 is 0. The minimum atomic E-state index is -0.0202. The Morgan fingerprint density at radius 3 is 2.50 bits per heavy atom. The molecule has 2 aromatic carbocycles. The highest BCUT2D eigenvalue weighted by Gasteiger charge is 2.16. The Labute approximate surface area is 115 Å². The molecular weight excluding hydrogens is 254 g/mol. The van der Waals surface area contributed by atoms with E-state index in [2.05, 4.69) is 15.4 Å². The standard InChI is InChI=1S/C15H13N3O2/c19-13-7-6-11(8-10-4-2-1-3-5-10)15(20)14(13)12-9-16-18-17-12/h1-7,9,19-20H,8H2,(H,16,17,18). The summed E-state index contributed by atoms with van der Waals surface area (Å²) in [5.74, 6) is 0.0102. The molecule has 5 heteroatoms. The maximum absolute atomic E-state index is 10.4. The summed E-state index contributed by atoms with van der Waals surface area (Å²) in [5, 5.41) is 30.3. The van der Waals surface area contributed by atoms with Gasteiger partial charge in [0.2, 0.25) is 0 Å². The number of benzene rings is 2. The maximum atomic E-state index is 10.4. The highest BCUT2D eigenvalue weighted by molar-refractivity contribution is 5.74. The maximum Gasteiger partial charge on any atom is 0.132 e. The van der Waals surface area contributed by atoms with Crippen LogP contribution in [0.1, 0.15) is 11.1 Å². The Hall–Kier alpha value is -2.82. The minimum Gasteiger partial charge on any atom is -0.507 e. The number of nitrogens with one attached hydrogen (secondary N) is 1. The van der Waals surface area contributed by atoms with E-state index in [4.69, 9.17) is 0 Å². The van der Waals surface area contributed by atoms with Gasteiger partial charge < -0.3 is 10.2 Å². The number of phenols is 2. The smallest absolute Gasteiger partial charge is 0.132 e. The second-order valence-corrected chi connectivity index (χ2v) is 4.49. The largest absolute Gasteiger partial charge is 0.507 e. The van der Waals surface area contributed by atoms with Crippen molar-refractivity contribution in [1.82, 2.24) is 15.4 Å². The van der Waals surface area contributed by atoms with E-state index in [1.54, 1.807) is 12.1 Å². The first-order chi connectivity index (χ1) is 9.75. The molecule has 0 saturated carbocycles. The van der Waals surface area contributed by atoms with E-state index < -0.39 is 0 Å². The normalized spacial score (nSPS) is 10.6. The SMILES string of the molecule is Oc1ccc(Cc2ccccc2)c(O)c1-c1c[nH]nn1.